The van der Waals surface area contributed by atoms with Gasteiger partial charge in [-0.05, 0) is 53.9 Å². The van der Waals surface area contributed by atoms with Crippen molar-refractivity contribution in [2.75, 3.05) is 0 Å². The van der Waals surface area contributed by atoms with Crippen LogP contribution in [-0.4, -0.2) is 0 Å². The van der Waals surface area contributed by atoms with Gasteiger partial charge in [-0.15, -0.1) is 0 Å². The summed E-state index contributed by atoms with van der Waals surface area (Å²) in [6, 6.07) is 17.7. The molecule has 0 fully saturated rings. The molecular formula is C20H25N. The number of benzene rings is 2. The molecule has 110 valence electrons. The van der Waals surface area contributed by atoms with E-state index in [2.05, 4.69) is 62.4 Å². The minimum atomic E-state index is -0.200. The molecular weight excluding hydrogens is 254 g/mol. The van der Waals surface area contributed by atoms with Crippen LogP contribution in [0.1, 0.15) is 54.9 Å². The van der Waals surface area contributed by atoms with Crippen molar-refractivity contribution in [3.8, 4) is 0 Å². The monoisotopic (exact) mass is 279 g/mol. The second-order valence-corrected chi connectivity index (χ2v) is 6.74. The second kappa shape index (κ2) is 5.65. The zero-order valence-electron chi connectivity index (χ0n) is 13.1. The minimum absolute atomic E-state index is 0.200. The quantitative estimate of drug-likeness (QED) is 0.877. The van der Waals surface area contributed by atoms with Crippen molar-refractivity contribution in [2.45, 2.75) is 51.0 Å². The predicted molar refractivity (Wildman–Crippen MR) is 89.5 cm³/mol. The molecule has 0 radical (unpaired) electrons. The van der Waals surface area contributed by atoms with Crippen molar-refractivity contribution in [3.05, 3.63) is 70.8 Å². The van der Waals surface area contributed by atoms with Crippen LogP contribution >= 0.6 is 0 Å². The van der Waals surface area contributed by atoms with E-state index < -0.39 is 0 Å². The molecule has 0 spiro atoms. The molecule has 0 saturated heterocycles. The van der Waals surface area contributed by atoms with Gasteiger partial charge >= 0.3 is 0 Å². The van der Waals surface area contributed by atoms with Gasteiger partial charge in [0.2, 0.25) is 0 Å². The maximum Gasteiger partial charge on any atom is 0.0453 e. The van der Waals surface area contributed by atoms with Gasteiger partial charge in [-0.25, -0.2) is 0 Å². The average Bonchev–Trinajstić information content (AvgIpc) is 2.48. The molecule has 1 atom stereocenters. The first-order valence-electron chi connectivity index (χ1n) is 8.04. The van der Waals surface area contributed by atoms with Crippen LogP contribution in [0.4, 0.5) is 0 Å². The Morgan fingerprint density at radius 2 is 1.76 bits per heavy atom. The number of hydrogen-bond acceptors (Lipinski definition) is 1. The van der Waals surface area contributed by atoms with Gasteiger partial charge in [-0.1, -0.05) is 62.4 Å². The first kappa shape index (κ1) is 14.3. The van der Waals surface area contributed by atoms with Crippen molar-refractivity contribution in [2.24, 2.45) is 5.73 Å². The smallest absolute Gasteiger partial charge is 0.0453 e. The zero-order chi connectivity index (χ0) is 14.9. The van der Waals surface area contributed by atoms with E-state index in [9.17, 15) is 0 Å². The Kier molecular flexibility index (Phi) is 3.86. The van der Waals surface area contributed by atoms with Crippen LogP contribution < -0.4 is 5.73 Å². The number of nitrogens with two attached hydrogens (primary N) is 1. The summed E-state index contributed by atoms with van der Waals surface area (Å²) < 4.78 is 0. The fourth-order valence-corrected chi connectivity index (χ4v) is 3.52. The van der Waals surface area contributed by atoms with Crippen molar-refractivity contribution >= 4 is 0 Å². The molecule has 0 saturated carbocycles. The van der Waals surface area contributed by atoms with Crippen molar-refractivity contribution < 1.29 is 0 Å². The summed E-state index contributed by atoms with van der Waals surface area (Å²) in [5.41, 5.74) is 12.1. The fourth-order valence-electron chi connectivity index (χ4n) is 3.52. The fraction of sp³-hybridized carbons (Fsp3) is 0.400. The summed E-state index contributed by atoms with van der Waals surface area (Å²) in [6.07, 6.45) is 4.37. The summed E-state index contributed by atoms with van der Waals surface area (Å²) in [5.74, 6) is 0.585. The van der Waals surface area contributed by atoms with Crippen molar-refractivity contribution in [1.29, 1.82) is 0 Å². The van der Waals surface area contributed by atoms with Crippen LogP contribution in [-0.2, 0) is 18.4 Å². The third kappa shape index (κ3) is 2.89. The van der Waals surface area contributed by atoms with E-state index in [4.69, 9.17) is 5.73 Å². The largest absolute Gasteiger partial charge is 0.321 e. The number of fused-ring (bicyclic) bond motifs is 1. The number of aryl methyl sites for hydroxylation is 1. The molecule has 0 amide bonds. The highest BCUT2D eigenvalue weighted by Crippen LogP contribution is 2.36. The van der Waals surface area contributed by atoms with Crippen LogP contribution in [0.2, 0.25) is 0 Å². The molecule has 2 aromatic rings. The summed E-state index contributed by atoms with van der Waals surface area (Å²) in [4.78, 5) is 0. The third-order valence-corrected chi connectivity index (χ3v) is 4.79. The average molecular weight is 279 g/mol. The molecule has 21 heavy (non-hydrogen) atoms. The molecule has 1 unspecified atom stereocenters. The Morgan fingerprint density at radius 3 is 2.48 bits per heavy atom. The zero-order valence-corrected chi connectivity index (χ0v) is 13.1. The normalized spacial score (nSPS) is 21.3. The molecule has 2 N–H and O–H groups in total. The lowest BCUT2D eigenvalue weighted by molar-refractivity contribution is 0.369. The molecule has 3 rings (SSSR count). The highest BCUT2D eigenvalue weighted by Gasteiger charge is 2.32. The first-order valence-corrected chi connectivity index (χ1v) is 8.04. The van der Waals surface area contributed by atoms with Gasteiger partial charge in [0.25, 0.3) is 0 Å². The molecule has 1 nitrogen and oxygen atoms in total. The standard InChI is InChI=1S/C20H25N/c1-15(2)17-11-9-16(10-12-17)14-20(21)13-5-7-18-6-3-4-8-19(18)20/h3-4,6,8-12,15H,5,7,13-14,21H2,1-2H3. The Bertz CT molecular complexity index is 612. The van der Waals surface area contributed by atoms with E-state index in [1.54, 1.807) is 0 Å². The van der Waals surface area contributed by atoms with Gasteiger partial charge in [-0.2, -0.15) is 0 Å². The van der Waals surface area contributed by atoms with Gasteiger partial charge in [0.15, 0.2) is 0 Å². The highest BCUT2D eigenvalue weighted by molar-refractivity contribution is 5.38. The maximum absolute atomic E-state index is 6.80. The Balaban J connectivity index is 1.87. The van der Waals surface area contributed by atoms with Crippen LogP contribution in [0.15, 0.2) is 48.5 Å². The molecule has 0 bridgehead atoms. The van der Waals surface area contributed by atoms with E-state index in [0.29, 0.717) is 5.92 Å². The van der Waals surface area contributed by atoms with Gasteiger partial charge in [-0.3, -0.25) is 0 Å². The van der Waals surface area contributed by atoms with Gasteiger partial charge < -0.3 is 5.73 Å². The summed E-state index contributed by atoms with van der Waals surface area (Å²) in [7, 11) is 0. The highest BCUT2D eigenvalue weighted by atomic mass is 14.7. The lowest BCUT2D eigenvalue weighted by Gasteiger charge is -2.36. The molecule has 0 aliphatic heterocycles. The Morgan fingerprint density at radius 1 is 1.05 bits per heavy atom. The van der Waals surface area contributed by atoms with Crippen LogP contribution in [0.25, 0.3) is 0 Å². The van der Waals surface area contributed by atoms with E-state index in [0.717, 1.165) is 12.8 Å². The van der Waals surface area contributed by atoms with E-state index in [1.807, 2.05) is 0 Å². The predicted octanol–water partition coefficient (Wildman–Crippen LogP) is 4.54. The lowest BCUT2D eigenvalue weighted by Crippen LogP contribution is -2.42. The SMILES string of the molecule is CC(C)c1ccc(CC2(N)CCCc3ccccc32)cc1. The molecule has 1 aliphatic carbocycles. The van der Waals surface area contributed by atoms with Gasteiger partial charge in [0, 0.05) is 5.54 Å². The summed E-state index contributed by atoms with van der Waals surface area (Å²) in [6.45, 7) is 4.47. The van der Waals surface area contributed by atoms with E-state index in [-0.39, 0.29) is 5.54 Å². The second-order valence-electron chi connectivity index (χ2n) is 6.74. The first-order chi connectivity index (χ1) is 10.1. The van der Waals surface area contributed by atoms with Crippen molar-refractivity contribution in [1.82, 2.24) is 0 Å². The van der Waals surface area contributed by atoms with Crippen LogP contribution in [0, 0.1) is 0 Å². The topological polar surface area (TPSA) is 26.0 Å². The van der Waals surface area contributed by atoms with Crippen LogP contribution in [0.3, 0.4) is 0 Å². The molecule has 0 heterocycles. The molecule has 1 aliphatic rings. The van der Waals surface area contributed by atoms with Gasteiger partial charge in [0.1, 0.15) is 0 Å². The third-order valence-electron chi connectivity index (χ3n) is 4.79. The summed E-state index contributed by atoms with van der Waals surface area (Å²) in [5, 5.41) is 0. The molecule has 1 heteroatoms. The van der Waals surface area contributed by atoms with Gasteiger partial charge in [0.05, 0.1) is 0 Å². The van der Waals surface area contributed by atoms with E-state index >= 15 is 0 Å². The number of hydrogen-bond donors (Lipinski definition) is 1. The number of rotatable bonds is 3. The maximum atomic E-state index is 6.80. The molecule has 2 aromatic carbocycles. The van der Waals surface area contributed by atoms with Crippen LogP contribution in [0.5, 0.6) is 0 Å². The minimum Gasteiger partial charge on any atom is -0.321 e. The molecule has 0 aromatic heterocycles. The Hall–Kier alpha value is -1.60. The summed E-state index contributed by atoms with van der Waals surface area (Å²) >= 11 is 0. The Labute approximate surface area is 128 Å². The van der Waals surface area contributed by atoms with Crippen molar-refractivity contribution in [3.63, 3.8) is 0 Å². The van der Waals surface area contributed by atoms with E-state index in [1.165, 1.54) is 35.1 Å². The lowest BCUT2D eigenvalue weighted by atomic mass is 9.74.